The van der Waals surface area contributed by atoms with Gasteiger partial charge in [-0.05, 0) is 12.8 Å². The Labute approximate surface area is 325 Å². The normalized spacial score (nSPS) is 13.9. The smallest absolute Gasteiger partial charge is 0.268 e. The molecule has 0 fully saturated rings. The monoisotopic (exact) mass is 762 g/mol. The van der Waals surface area contributed by atoms with Gasteiger partial charge in [0.1, 0.15) is 19.3 Å². The molecule has 0 heterocycles. The van der Waals surface area contributed by atoms with Crippen molar-refractivity contribution < 1.29 is 32.5 Å². The number of likely N-dealkylation sites (N-methyl/N-ethyl adjacent to an activating group) is 1. The Hall–Kier alpha value is -0.0100. The van der Waals surface area contributed by atoms with Crippen LogP contribution in [0.3, 0.4) is 0 Å². The van der Waals surface area contributed by atoms with Crippen molar-refractivity contribution in [2.75, 3.05) is 60.7 Å². The molecule has 0 aliphatic carbocycles. The van der Waals surface area contributed by atoms with Crippen LogP contribution < -0.4 is 4.89 Å². The Morgan fingerprint density at radius 2 is 0.769 bits per heavy atom. The maximum absolute atomic E-state index is 12.4. The van der Waals surface area contributed by atoms with Gasteiger partial charge in [-0.15, -0.1) is 0 Å². The molecule has 0 rings (SSSR count). The summed E-state index contributed by atoms with van der Waals surface area (Å²) in [5.41, 5.74) is 0. The maximum atomic E-state index is 12.4. The van der Waals surface area contributed by atoms with E-state index >= 15 is 0 Å². The second kappa shape index (κ2) is 39.2. The fraction of sp³-hybridized carbons (Fsp3) is 1.00. The zero-order valence-electron chi connectivity index (χ0n) is 35.8. The van der Waals surface area contributed by atoms with Crippen molar-refractivity contribution in [2.24, 2.45) is 0 Å². The molecule has 0 N–H and O–H groups in total. The number of nitrogens with zero attached hydrogens (tertiary/aromatic N) is 1. The van der Waals surface area contributed by atoms with Gasteiger partial charge in [-0.1, -0.05) is 206 Å². The quantitative estimate of drug-likeness (QED) is 0.0349. The molecule has 0 amide bonds. The lowest BCUT2D eigenvalue weighted by Crippen LogP contribution is -2.37. The largest absolute Gasteiger partial charge is 0.756 e. The van der Waals surface area contributed by atoms with E-state index in [1.165, 1.54) is 186 Å². The molecule has 0 spiro atoms. The van der Waals surface area contributed by atoms with E-state index in [9.17, 15) is 9.46 Å². The molecule has 2 atom stereocenters. The van der Waals surface area contributed by atoms with E-state index in [1.54, 1.807) is 0 Å². The summed E-state index contributed by atoms with van der Waals surface area (Å²) in [6.07, 6.45) is 42.5. The van der Waals surface area contributed by atoms with Gasteiger partial charge in [-0.25, -0.2) is 0 Å². The van der Waals surface area contributed by atoms with Crippen LogP contribution in [0.2, 0.25) is 0 Å². The summed E-state index contributed by atoms with van der Waals surface area (Å²) in [6.45, 7) is 6.80. The van der Waals surface area contributed by atoms with Crippen molar-refractivity contribution in [1.29, 1.82) is 0 Å². The fourth-order valence-electron chi connectivity index (χ4n) is 6.65. The topological polar surface area (TPSA) is 77.1 Å². The zero-order valence-corrected chi connectivity index (χ0v) is 36.7. The van der Waals surface area contributed by atoms with E-state index in [4.69, 9.17) is 18.5 Å². The molecule has 314 valence electrons. The molecule has 7 nitrogen and oxygen atoms in total. The van der Waals surface area contributed by atoms with Crippen LogP contribution in [0.25, 0.3) is 0 Å². The molecular formula is C44H92NO6P. The van der Waals surface area contributed by atoms with Gasteiger partial charge in [0.25, 0.3) is 7.82 Å². The molecule has 0 saturated heterocycles. The average Bonchev–Trinajstić information content (AvgIpc) is 3.10. The third kappa shape index (κ3) is 42.7. The fourth-order valence-corrected chi connectivity index (χ4v) is 7.38. The van der Waals surface area contributed by atoms with Crippen LogP contribution in [0, 0.1) is 0 Å². The van der Waals surface area contributed by atoms with E-state index in [2.05, 4.69) is 13.8 Å². The lowest BCUT2D eigenvalue weighted by atomic mass is 10.0. The van der Waals surface area contributed by atoms with Gasteiger partial charge >= 0.3 is 0 Å². The van der Waals surface area contributed by atoms with Crippen molar-refractivity contribution in [3.63, 3.8) is 0 Å². The van der Waals surface area contributed by atoms with E-state index in [1.807, 2.05) is 21.1 Å². The summed E-state index contributed by atoms with van der Waals surface area (Å²) in [7, 11) is 1.61. The molecule has 0 aromatic carbocycles. The van der Waals surface area contributed by atoms with Gasteiger partial charge in [0.05, 0.1) is 34.4 Å². The van der Waals surface area contributed by atoms with Gasteiger partial charge in [0, 0.05) is 13.2 Å². The van der Waals surface area contributed by atoms with Crippen LogP contribution in [-0.4, -0.2) is 71.3 Å². The Kier molecular flexibility index (Phi) is 39.2. The summed E-state index contributed by atoms with van der Waals surface area (Å²) >= 11 is 0. The number of unbranched alkanes of at least 4 members (excludes halogenated alkanes) is 30. The summed E-state index contributed by atoms with van der Waals surface area (Å²) in [5, 5.41) is 0. The molecule has 0 saturated carbocycles. The number of phosphoric acid groups is 1. The molecule has 0 aliphatic rings. The first kappa shape index (κ1) is 52.0. The van der Waals surface area contributed by atoms with Crippen LogP contribution >= 0.6 is 7.82 Å². The number of hydrogen-bond donors (Lipinski definition) is 0. The Balaban J connectivity index is 4.03. The van der Waals surface area contributed by atoms with Gasteiger partial charge < -0.3 is 27.9 Å². The van der Waals surface area contributed by atoms with Crippen molar-refractivity contribution in [2.45, 2.75) is 225 Å². The molecule has 1 unspecified atom stereocenters. The minimum Gasteiger partial charge on any atom is -0.756 e. The highest BCUT2D eigenvalue weighted by atomic mass is 31.2. The van der Waals surface area contributed by atoms with Crippen molar-refractivity contribution in [1.82, 2.24) is 0 Å². The Morgan fingerprint density at radius 1 is 0.442 bits per heavy atom. The van der Waals surface area contributed by atoms with Crippen molar-refractivity contribution in [3.8, 4) is 0 Å². The number of hydrogen-bond acceptors (Lipinski definition) is 6. The van der Waals surface area contributed by atoms with Gasteiger partial charge in [-0.3, -0.25) is 4.57 Å². The number of ether oxygens (including phenoxy) is 2. The summed E-state index contributed by atoms with van der Waals surface area (Å²) in [5.74, 6) is 0. The van der Waals surface area contributed by atoms with E-state index in [-0.39, 0.29) is 13.2 Å². The molecule has 0 aliphatic heterocycles. The maximum Gasteiger partial charge on any atom is 0.268 e. The number of rotatable bonds is 44. The minimum atomic E-state index is -4.38. The van der Waals surface area contributed by atoms with Crippen LogP contribution in [-0.2, 0) is 23.1 Å². The summed E-state index contributed by atoms with van der Waals surface area (Å²) in [6, 6.07) is 0. The van der Waals surface area contributed by atoms with Crippen LogP contribution in [0.15, 0.2) is 0 Å². The van der Waals surface area contributed by atoms with Crippen LogP contribution in [0.4, 0.5) is 0 Å². The van der Waals surface area contributed by atoms with E-state index in [0.717, 1.165) is 19.3 Å². The third-order valence-corrected chi connectivity index (χ3v) is 11.2. The first-order valence-corrected chi connectivity index (χ1v) is 24.3. The second-order valence-electron chi connectivity index (χ2n) is 16.8. The zero-order chi connectivity index (χ0) is 38.3. The highest BCUT2D eigenvalue weighted by Crippen LogP contribution is 2.38. The number of phosphoric ester groups is 1. The standard InChI is InChI=1S/C44H92NO6P/c1-6-8-10-12-14-16-18-20-22-24-26-28-30-32-34-36-39-48-42-44(43-51-52(46,47)50-41-38-45(3,4)5)49-40-37-35-33-31-29-27-25-23-21-19-17-15-13-11-9-7-2/h44H,6-43H2,1-5H3/t44-/m0/s1. The number of quaternary nitrogens is 1. The molecule has 8 heteroatoms. The highest BCUT2D eigenvalue weighted by Gasteiger charge is 2.18. The van der Waals surface area contributed by atoms with Crippen molar-refractivity contribution in [3.05, 3.63) is 0 Å². The van der Waals surface area contributed by atoms with Gasteiger partial charge in [0.15, 0.2) is 0 Å². The van der Waals surface area contributed by atoms with E-state index in [0.29, 0.717) is 30.8 Å². The molecule has 0 bridgehead atoms. The molecular weight excluding hydrogens is 669 g/mol. The predicted octanol–water partition coefficient (Wildman–Crippen LogP) is 13.1. The lowest BCUT2D eigenvalue weighted by molar-refractivity contribution is -0.870. The first-order valence-electron chi connectivity index (χ1n) is 22.8. The molecule has 0 aromatic rings. The Morgan fingerprint density at radius 3 is 1.12 bits per heavy atom. The Bertz CT molecular complexity index is 749. The van der Waals surface area contributed by atoms with Gasteiger partial charge in [-0.2, -0.15) is 0 Å². The van der Waals surface area contributed by atoms with Gasteiger partial charge in [0.2, 0.25) is 0 Å². The van der Waals surface area contributed by atoms with E-state index < -0.39 is 13.9 Å². The lowest BCUT2D eigenvalue weighted by Gasteiger charge is -2.28. The molecule has 52 heavy (non-hydrogen) atoms. The molecule has 0 aromatic heterocycles. The van der Waals surface area contributed by atoms with Crippen molar-refractivity contribution >= 4 is 7.82 Å². The van der Waals surface area contributed by atoms with Crippen LogP contribution in [0.1, 0.15) is 219 Å². The van der Waals surface area contributed by atoms with Crippen LogP contribution in [0.5, 0.6) is 0 Å². The first-order chi connectivity index (χ1) is 25.2. The summed E-state index contributed by atoms with van der Waals surface area (Å²) in [4.78, 5) is 12.4. The highest BCUT2D eigenvalue weighted by molar-refractivity contribution is 7.45. The predicted molar refractivity (Wildman–Crippen MR) is 222 cm³/mol. The SMILES string of the molecule is CCCCCCCCCCCCCCCCCCOC[C@@H](COP(=O)([O-])OCC[N+](C)(C)C)OCCCCCCCCCCCCCCCCCC. The molecule has 0 radical (unpaired) electrons. The minimum absolute atomic E-state index is 0.0665. The third-order valence-electron chi connectivity index (χ3n) is 10.2. The summed E-state index contributed by atoms with van der Waals surface area (Å²) < 4.78 is 35.4. The second-order valence-corrected chi connectivity index (χ2v) is 18.2. The average molecular weight is 762 g/mol.